The average molecular weight is 358 g/mol. The molecule has 1 aromatic heterocycles. The number of nitrogens with one attached hydrogen (secondary N) is 2. The highest BCUT2D eigenvalue weighted by atomic mass is 16.5. The molecule has 2 amide bonds. The van der Waals surface area contributed by atoms with E-state index in [1.54, 1.807) is 4.68 Å². The first-order valence-electron chi connectivity index (χ1n) is 9.15. The first kappa shape index (κ1) is 18.3. The predicted molar refractivity (Wildman–Crippen MR) is 98.3 cm³/mol. The Morgan fingerprint density at radius 3 is 2.96 bits per heavy atom. The van der Waals surface area contributed by atoms with Crippen LogP contribution < -0.4 is 10.6 Å². The summed E-state index contributed by atoms with van der Waals surface area (Å²) in [5.41, 5.74) is 1.47. The largest absolute Gasteiger partial charge is 0.376 e. The van der Waals surface area contributed by atoms with E-state index in [2.05, 4.69) is 33.1 Å². The maximum atomic E-state index is 12.1. The smallest absolute Gasteiger partial charge is 0.319 e. The Bertz CT molecular complexity index is 732. The van der Waals surface area contributed by atoms with Crippen molar-refractivity contribution in [3.8, 4) is 5.69 Å². The number of aromatic nitrogens is 4. The van der Waals surface area contributed by atoms with Gasteiger partial charge in [0, 0.05) is 12.2 Å². The lowest BCUT2D eigenvalue weighted by atomic mass is 9.88. The molecule has 8 nitrogen and oxygen atoms in total. The van der Waals surface area contributed by atoms with Crippen molar-refractivity contribution < 1.29 is 9.53 Å². The third-order valence-corrected chi connectivity index (χ3v) is 4.73. The summed E-state index contributed by atoms with van der Waals surface area (Å²) in [5.74, 6) is 1.29. The first-order chi connectivity index (χ1) is 12.6. The molecule has 2 aromatic rings. The van der Waals surface area contributed by atoms with Crippen molar-refractivity contribution in [3.63, 3.8) is 0 Å². The second-order valence-corrected chi connectivity index (χ2v) is 6.74. The average Bonchev–Trinajstić information content (AvgIpc) is 3.06. The van der Waals surface area contributed by atoms with E-state index < -0.39 is 0 Å². The van der Waals surface area contributed by atoms with E-state index in [1.807, 2.05) is 31.2 Å². The summed E-state index contributed by atoms with van der Waals surface area (Å²) in [7, 11) is 0. The highest BCUT2D eigenvalue weighted by Crippen LogP contribution is 2.26. The van der Waals surface area contributed by atoms with Gasteiger partial charge in [-0.05, 0) is 54.3 Å². The van der Waals surface area contributed by atoms with E-state index >= 15 is 0 Å². The highest BCUT2D eigenvalue weighted by molar-refractivity contribution is 5.89. The van der Waals surface area contributed by atoms with E-state index in [4.69, 9.17) is 4.74 Å². The van der Waals surface area contributed by atoms with Crippen LogP contribution in [0.25, 0.3) is 5.69 Å². The standard InChI is InChI=1S/C18H26N6O2/c1-13-6-3-4-9-17(13)26-11-10-19-18(25)20-15-7-5-8-16(12-15)24-14(2)21-22-23-24/h5,7-8,12-13,17H,3-4,6,9-11H2,1-2H3,(H2,19,20,25)/t13-,17-/m0/s1. The van der Waals surface area contributed by atoms with Gasteiger partial charge in [0.25, 0.3) is 0 Å². The summed E-state index contributed by atoms with van der Waals surface area (Å²) in [6.45, 7) is 5.08. The van der Waals surface area contributed by atoms with Crippen LogP contribution in [-0.4, -0.2) is 45.5 Å². The summed E-state index contributed by atoms with van der Waals surface area (Å²) in [5, 5.41) is 17.1. The summed E-state index contributed by atoms with van der Waals surface area (Å²) in [4.78, 5) is 12.1. The quantitative estimate of drug-likeness (QED) is 0.774. The van der Waals surface area contributed by atoms with Gasteiger partial charge in [-0.3, -0.25) is 0 Å². The van der Waals surface area contributed by atoms with Gasteiger partial charge in [0.1, 0.15) is 0 Å². The zero-order valence-corrected chi connectivity index (χ0v) is 15.3. The lowest BCUT2D eigenvalue weighted by Gasteiger charge is -2.28. The Balaban J connectivity index is 1.44. The van der Waals surface area contributed by atoms with Crippen LogP contribution >= 0.6 is 0 Å². The van der Waals surface area contributed by atoms with Crippen LogP contribution in [0.4, 0.5) is 10.5 Å². The summed E-state index contributed by atoms with van der Waals surface area (Å²) >= 11 is 0. The third kappa shape index (κ3) is 4.78. The molecule has 2 atom stereocenters. The van der Waals surface area contributed by atoms with Gasteiger partial charge in [0.05, 0.1) is 18.4 Å². The molecular formula is C18H26N6O2. The summed E-state index contributed by atoms with van der Waals surface area (Å²) in [6, 6.07) is 7.12. The molecule has 8 heteroatoms. The number of aryl methyl sites for hydroxylation is 1. The van der Waals surface area contributed by atoms with Crippen LogP contribution in [-0.2, 0) is 4.74 Å². The summed E-state index contributed by atoms with van der Waals surface area (Å²) in [6.07, 6.45) is 5.21. The van der Waals surface area contributed by atoms with Crippen LogP contribution in [0.3, 0.4) is 0 Å². The molecule has 1 aliphatic carbocycles. The van der Waals surface area contributed by atoms with Gasteiger partial charge in [-0.15, -0.1) is 5.10 Å². The molecule has 1 aliphatic rings. The Morgan fingerprint density at radius 1 is 1.35 bits per heavy atom. The first-order valence-corrected chi connectivity index (χ1v) is 9.15. The Labute approximate surface area is 153 Å². The van der Waals surface area contributed by atoms with Crippen LogP contribution in [0.15, 0.2) is 24.3 Å². The Hall–Kier alpha value is -2.48. The minimum atomic E-state index is -0.254. The molecule has 0 aliphatic heterocycles. The van der Waals surface area contributed by atoms with Crippen molar-refractivity contribution in [2.45, 2.75) is 45.6 Å². The molecule has 0 saturated heterocycles. The van der Waals surface area contributed by atoms with E-state index in [0.717, 1.165) is 12.1 Å². The topological polar surface area (TPSA) is 94.0 Å². The minimum Gasteiger partial charge on any atom is -0.376 e. The molecule has 26 heavy (non-hydrogen) atoms. The zero-order valence-electron chi connectivity index (χ0n) is 15.3. The Morgan fingerprint density at radius 2 is 2.19 bits per heavy atom. The second kappa shape index (κ2) is 8.75. The maximum absolute atomic E-state index is 12.1. The van der Waals surface area contributed by atoms with E-state index in [0.29, 0.717) is 36.7 Å². The number of benzene rings is 1. The van der Waals surface area contributed by atoms with Gasteiger partial charge in [-0.1, -0.05) is 25.8 Å². The van der Waals surface area contributed by atoms with Gasteiger partial charge in [0.15, 0.2) is 5.82 Å². The molecule has 1 fully saturated rings. The summed E-state index contributed by atoms with van der Waals surface area (Å²) < 4.78 is 7.52. The normalized spacial score (nSPS) is 19.9. The fourth-order valence-corrected chi connectivity index (χ4v) is 3.27. The number of hydrogen-bond acceptors (Lipinski definition) is 5. The number of rotatable bonds is 6. The van der Waals surface area contributed by atoms with Crippen LogP contribution in [0.1, 0.15) is 38.4 Å². The zero-order chi connectivity index (χ0) is 18.4. The molecule has 0 bridgehead atoms. The monoisotopic (exact) mass is 358 g/mol. The van der Waals surface area contributed by atoms with Gasteiger partial charge in [-0.2, -0.15) is 4.68 Å². The van der Waals surface area contributed by atoms with E-state index in [-0.39, 0.29) is 6.03 Å². The molecule has 1 saturated carbocycles. The fraction of sp³-hybridized carbons (Fsp3) is 0.556. The van der Waals surface area contributed by atoms with Gasteiger partial charge in [-0.25, -0.2) is 4.79 Å². The maximum Gasteiger partial charge on any atom is 0.319 e. The molecule has 0 radical (unpaired) electrons. The predicted octanol–water partition coefficient (Wildman–Crippen LogP) is 2.69. The van der Waals surface area contributed by atoms with Gasteiger partial charge >= 0.3 is 6.03 Å². The lowest BCUT2D eigenvalue weighted by Crippen LogP contribution is -2.34. The van der Waals surface area contributed by atoms with Crippen molar-refractivity contribution in [2.75, 3.05) is 18.5 Å². The number of anilines is 1. The number of carbonyl (C=O) groups is 1. The molecule has 1 heterocycles. The van der Waals surface area contributed by atoms with Crippen LogP contribution in [0.5, 0.6) is 0 Å². The molecule has 0 spiro atoms. The van der Waals surface area contributed by atoms with Crippen LogP contribution in [0.2, 0.25) is 0 Å². The molecule has 0 unspecified atom stereocenters. The van der Waals surface area contributed by atoms with E-state index in [1.165, 1.54) is 19.3 Å². The fourth-order valence-electron chi connectivity index (χ4n) is 3.27. The number of tetrazole rings is 1. The van der Waals surface area contributed by atoms with Crippen molar-refractivity contribution in [1.29, 1.82) is 0 Å². The molecule has 3 rings (SSSR count). The number of urea groups is 1. The SMILES string of the molecule is Cc1nnnn1-c1cccc(NC(=O)NCCO[C@H]2CCCC[C@@H]2C)c1. The van der Waals surface area contributed by atoms with Crippen molar-refractivity contribution in [2.24, 2.45) is 5.92 Å². The minimum absolute atomic E-state index is 0.254. The third-order valence-electron chi connectivity index (χ3n) is 4.73. The van der Waals surface area contributed by atoms with Crippen molar-refractivity contribution in [1.82, 2.24) is 25.5 Å². The number of nitrogens with zero attached hydrogens (tertiary/aromatic N) is 4. The second-order valence-electron chi connectivity index (χ2n) is 6.74. The number of hydrogen-bond donors (Lipinski definition) is 2. The molecule has 2 N–H and O–H groups in total. The van der Waals surface area contributed by atoms with E-state index in [9.17, 15) is 4.79 Å². The van der Waals surface area contributed by atoms with Gasteiger partial charge in [0.2, 0.25) is 0 Å². The van der Waals surface area contributed by atoms with Crippen LogP contribution in [0, 0.1) is 12.8 Å². The Kier molecular flexibility index (Phi) is 6.17. The number of amides is 2. The molecular weight excluding hydrogens is 332 g/mol. The van der Waals surface area contributed by atoms with Crippen molar-refractivity contribution in [3.05, 3.63) is 30.1 Å². The number of ether oxygens (including phenoxy) is 1. The lowest BCUT2D eigenvalue weighted by molar-refractivity contribution is -0.00232. The number of carbonyl (C=O) groups excluding carboxylic acids is 1. The molecule has 140 valence electrons. The van der Waals surface area contributed by atoms with Crippen molar-refractivity contribution >= 4 is 11.7 Å². The van der Waals surface area contributed by atoms with Gasteiger partial charge < -0.3 is 15.4 Å². The molecule has 1 aromatic carbocycles. The highest BCUT2D eigenvalue weighted by Gasteiger charge is 2.21.